The highest BCUT2D eigenvalue weighted by atomic mass is 32.2. The molecular weight excluding hydrogens is 256 g/mol. The van der Waals surface area contributed by atoms with Gasteiger partial charge in [-0.3, -0.25) is 9.59 Å². The van der Waals surface area contributed by atoms with Crippen molar-refractivity contribution in [1.29, 1.82) is 0 Å². The Bertz CT molecular complexity index is 589. The second-order valence-electron chi connectivity index (χ2n) is 3.89. The Kier molecular flexibility index (Phi) is 4.66. The topological polar surface area (TPSA) is 96.1 Å². The van der Waals surface area contributed by atoms with Crippen LogP contribution in [0.1, 0.15) is 23.0 Å². The molecule has 1 rings (SSSR count). The van der Waals surface area contributed by atoms with Gasteiger partial charge in [0.25, 0.3) is 5.91 Å². The Hall–Kier alpha value is -1.63. The number of carbonyl (C=O) groups is 1. The minimum absolute atomic E-state index is 0.00230. The zero-order valence-electron chi connectivity index (χ0n) is 10.3. The summed E-state index contributed by atoms with van der Waals surface area (Å²) in [6.07, 6.45) is 1.32. The molecule has 0 atom stereocenters. The molecule has 0 saturated carbocycles. The predicted octanol–water partition coefficient (Wildman–Crippen LogP) is -0.152. The number of sulfone groups is 1. The van der Waals surface area contributed by atoms with Crippen molar-refractivity contribution < 1.29 is 13.2 Å². The molecule has 100 valence electrons. The molecule has 0 aliphatic carbocycles. The van der Waals surface area contributed by atoms with Gasteiger partial charge in [-0.1, -0.05) is 6.92 Å². The lowest BCUT2D eigenvalue weighted by Gasteiger charge is -2.05. The van der Waals surface area contributed by atoms with Crippen LogP contribution < -0.4 is 10.7 Å². The summed E-state index contributed by atoms with van der Waals surface area (Å²) >= 11 is 0. The number of pyridine rings is 1. The Morgan fingerprint density at radius 2 is 2.11 bits per heavy atom. The van der Waals surface area contributed by atoms with Crippen molar-refractivity contribution in [2.75, 3.05) is 18.1 Å². The Labute approximate surface area is 105 Å². The van der Waals surface area contributed by atoms with Gasteiger partial charge in [0.05, 0.1) is 5.75 Å². The van der Waals surface area contributed by atoms with E-state index in [0.29, 0.717) is 5.69 Å². The molecule has 0 radical (unpaired) electrons. The molecule has 0 bridgehead atoms. The largest absolute Gasteiger partial charge is 0.364 e. The second kappa shape index (κ2) is 5.81. The first-order valence-corrected chi connectivity index (χ1v) is 7.36. The molecule has 6 nitrogen and oxygen atoms in total. The first kappa shape index (κ1) is 14.4. The van der Waals surface area contributed by atoms with E-state index in [-0.39, 0.29) is 29.0 Å². The van der Waals surface area contributed by atoms with Crippen LogP contribution in [0.15, 0.2) is 17.1 Å². The number of hydrogen-bond acceptors (Lipinski definition) is 4. The zero-order valence-corrected chi connectivity index (χ0v) is 11.1. The molecule has 0 spiro atoms. The van der Waals surface area contributed by atoms with E-state index >= 15 is 0 Å². The fraction of sp³-hybridized carbons (Fsp3) is 0.455. The van der Waals surface area contributed by atoms with Crippen molar-refractivity contribution in [2.24, 2.45) is 0 Å². The monoisotopic (exact) mass is 272 g/mol. The number of aryl methyl sites for hydroxylation is 1. The average Bonchev–Trinajstić information content (AvgIpc) is 2.28. The van der Waals surface area contributed by atoms with E-state index in [1.807, 2.05) is 0 Å². The second-order valence-corrected chi connectivity index (χ2v) is 6.36. The quantitative estimate of drug-likeness (QED) is 0.779. The minimum atomic E-state index is -3.11. The fourth-order valence-corrected chi connectivity index (χ4v) is 2.01. The molecule has 1 heterocycles. The van der Waals surface area contributed by atoms with E-state index in [0.717, 1.165) is 0 Å². The van der Waals surface area contributed by atoms with Crippen LogP contribution in [-0.4, -0.2) is 37.4 Å². The van der Waals surface area contributed by atoms with Crippen molar-refractivity contribution in [3.05, 3.63) is 33.7 Å². The zero-order chi connectivity index (χ0) is 13.8. The Morgan fingerprint density at radius 1 is 1.44 bits per heavy atom. The lowest BCUT2D eigenvalue weighted by molar-refractivity contribution is 0.0954. The third kappa shape index (κ3) is 3.99. The number of nitrogens with one attached hydrogen (secondary N) is 2. The fourth-order valence-electron chi connectivity index (χ4n) is 1.31. The maximum Gasteiger partial charge on any atom is 0.256 e. The number of aromatic nitrogens is 1. The van der Waals surface area contributed by atoms with Crippen molar-refractivity contribution in [3.63, 3.8) is 0 Å². The van der Waals surface area contributed by atoms with Crippen LogP contribution in [-0.2, 0) is 9.84 Å². The maximum atomic E-state index is 11.6. The van der Waals surface area contributed by atoms with E-state index < -0.39 is 15.7 Å². The molecule has 0 aromatic carbocycles. The minimum Gasteiger partial charge on any atom is -0.364 e. The number of rotatable bonds is 5. The van der Waals surface area contributed by atoms with Crippen molar-refractivity contribution in [2.45, 2.75) is 13.8 Å². The standard InChI is InChI=1S/C11H16N2O4S/c1-3-18(16,17)5-4-12-11(15)9-7-13-8(2)6-10(9)14/h6-7H,3-5H2,1-2H3,(H,12,15)(H,13,14). The number of hydrogen-bond donors (Lipinski definition) is 2. The highest BCUT2D eigenvalue weighted by molar-refractivity contribution is 7.91. The molecule has 0 aliphatic heterocycles. The van der Waals surface area contributed by atoms with Gasteiger partial charge in [-0.2, -0.15) is 0 Å². The molecule has 2 N–H and O–H groups in total. The van der Waals surface area contributed by atoms with E-state index in [1.54, 1.807) is 13.8 Å². The van der Waals surface area contributed by atoms with Gasteiger partial charge in [-0.15, -0.1) is 0 Å². The van der Waals surface area contributed by atoms with Crippen molar-refractivity contribution >= 4 is 15.7 Å². The summed E-state index contributed by atoms with van der Waals surface area (Å²) in [5, 5.41) is 2.41. The summed E-state index contributed by atoms with van der Waals surface area (Å²) in [5.41, 5.74) is 0.252. The van der Waals surface area contributed by atoms with E-state index in [2.05, 4.69) is 10.3 Å². The SMILES string of the molecule is CCS(=O)(=O)CCNC(=O)c1c[nH]c(C)cc1=O. The molecule has 0 saturated heterocycles. The molecule has 0 fully saturated rings. The van der Waals surface area contributed by atoms with E-state index in [1.165, 1.54) is 12.3 Å². The highest BCUT2D eigenvalue weighted by Gasteiger charge is 2.12. The van der Waals surface area contributed by atoms with Crippen LogP contribution in [0.3, 0.4) is 0 Å². The van der Waals surface area contributed by atoms with Gasteiger partial charge in [0.15, 0.2) is 15.3 Å². The number of carbonyl (C=O) groups excluding carboxylic acids is 1. The smallest absolute Gasteiger partial charge is 0.256 e. The van der Waals surface area contributed by atoms with Gasteiger partial charge in [-0.05, 0) is 6.92 Å². The molecule has 0 aliphatic rings. The Morgan fingerprint density at radius 3 is 2.67 bits per heavy atom. The van der Waals surface area contributed by atoms with Gasteiger partial charge < -0.3 is 10.3 Å². The molecule has 1 amide bonds. The summed E-state index contributed by atoms with van der Waals surface area (Å²) in [4.78, 5) is 25.9. The number of amides is 1. The van der Waals surface area contributed by atoms with Gasteiger partial charge >= 0.3 is 0 Å². The van der Waals surface area contributed by atoms with Crippen LogP contribution in [0.25, 0.3) is 0 Å². The van der Waals surface area contributed by atoms with Crippen LogP contribution in [0, 0.1) is 6.92 Å². The summed E-state index contributed by atoms with van der Waals surface area (Å²) in [5.74, 6) is -0.657. The lowest BCUT2D eigenvalue weighted by Crippen LogP contribution is -2.32. The molecule has 7 heteroatoms. The molecule has 18 heavy (non-hydrogen) atoms. The maximum absolute atomic E-state index is 11.6. The van der Waals surface area contributed by atoms with Crippen LogP contribution in [0.2, 0.25) is 0 Å². The summed E-state index contributed by atoms with van der Waals surface area (Å²) in [6.45, 7) is 3.25. The summed E-state index contributed by atoms with van der Waals surface area (Å²) in [6, 6.07) is 1.32. The van der Waals surface area contributed by atoms with Gasteiger partial charge in [-0.25, -0.2) is 8.42 Å². The van der Waals surface area contributed by atoms with E-state index in [9.17, 15) is 18.0 Å². The lowest BCUT2D eigenvalue weighted by atomic mass is 10.2. The summed E-state index contributed by atoms with van der Waals surface area (Å²) < 4.78 is 22.4. The average molecular weight is 272 g/mol. The van der Waals surface area contributed by atoms with Crippen LogP contribution in [0.4, 0.5) is 0 Å². The van der Waals surface area contributed by atoms with Crippen molar-refractivity contribution in [3.8, 4) is 0 Å². The number of H-pyrrole nitrogens is 1. The summed E-state index contributed by atoms with van der Waals surface area (Å²) in [7, 11) is -3.11. The number of aromatic amines is 1. The molecule has 1 aromatic rings. The van der Waals surface area contributed by atoms with Crippen LogP contribution in [0.5, 0.6) is 0 Å². The van der Waals surface area contributed by atoms with Crippen molar-refractivity contribution in [1.82, 2.24) is 10.3 Å². The highest BCUT2D eigenvalue weighted by Crippen LogP contribution is 1.93. The van der Waals surface area contributed by atoms with Gasteiger partial charge in [0.2, 0.25) is 0 Å². The van der Waals surface area contributed by atoms with Gasteiger partial charge in [0.1, 0.15) is 5.56 Å². The van der Waals surface area contributed by atoms with Gasteiger partial charge in [0, 0.05) is 30.3 Å². The first-order valence-electron chi connectivity index (χ1n) is 5.53. The van der Waals surface area contributed by atoms with Crippen LogP contribution >= 0.6 is 0 Å². The third-order valence-corrected chi connectivity index (χ3v) is 4.15. The van der Waals surface area contributed by atoms with E-state index in [4.69, 9.17) is 0 Å². The predicted molar refractivity (Wildman–Crippen MR) is 68.5 cm³/mol. The Balaban J connectivity index is 2.64. The third-order valence-electron chi connectivity index (χ3n) is 2.44. The molecule has 0 unspecified atom stereocenters. The first-order chi connectivity index (χ1) is 8.35. The molecule has 1 aromatic heterocycles. The normalized spacial score (nSPS) is 11.2. The molecular formula is C11H16N2O4S.